The molecule has 1 unspecified atom stereocenters. The van der Waals surface area contributed by atoms with Crippen LogP contribution in [-0.4, -0.2) is 64.7 Å². The molecular weight excluding hydrogens is 390 g/mol. The highest BCUT2D eigenvalue weighted by Crippen LogP contribution is 2.11. The lowest BCUT2D eigenvalue weighted by Gasteiger charge is -2.23. The van der Waals surface area contributed by atoms with Gasteiger partial charge in [-0.2, -0.15) is 0 Å². The fraction of sp³-hybridized carbons (Fsp3) is 0.450. The molecule has 1 heterocycles. The Balaban J connectivity index is 1.90. The van der Waals surface area contributed by atoms with Gasteiger partial charge in [0, 0.05) is 36.7 Å². The first-order chi connectivity index (χ1) is 14.2. The fourth-order valence-corrected chi connectivity index (χ4v) is 3.22. The zero-order valence-corrected chi connectivity index (χ0v) is 16.8. The molecule has 30 heavy (non-hydrogen) atoms. The van der Waals surface area contributed by atoms with Crippen LogP contribution in [0.4, 0.5) is 0 Å². The molecule has 0 aromatic heterocycles. The third-order valence-corrected chi connectivity index (χ3v) is 4.76. The van der Waals surface area contributed by atoms with E-state index in [9.17, 15) is 19.2 Å². The van der Waals surface area contributed by atoms with E-state index in [1.54, 1.807) is 24.0 Å². The van der Waals surface area contributed by atoms with Crippen molar-refractivity contribution in [2.45, 2.75) is 44.7 Å². The Morgan fingerprint density at radius 2 is 1.63 bits per heavy atom. The zero-order valence-electron chi connectivity index (χ0n) is 16.8. The summed E-state index contributed by atoms with van der Waals surface area (Å²) in [5, 5.41) is 21.6. The lowest BCUT2D eigenvalue weighted by atomic mass is 10.1. The molecule has 1 saturated heterocycles. The van der Waals surface area contributed by atoms with Crippen molar-refractivity contribution in [2.24, 2.45) is 5.73 Å². The second kappa shape index (κ2) is 10.4. The van der Waals surface area contributed by atoms with Gasteiger partial charge < -0.3 is 26.4 Å². The molecule has 0 spiro atoms. The predicted octanol–water partition coefficient (Wildman–Crippen LogP) is 0.0610. The number of aliphatic carboxylic acids is 1. The second-order valence-electron chi connectivity index (χ2n) is 7.32. The number of hydrogen-bond acceptors (Lipinski definition) is 5. The quantitative estimate of drug-likeness (QED) is 0.281. The Morgan fingerprint density at radius 1 is 1.07 bits per heavy atom. The van der Waals surface area contributed by atoms with Gasteiger partial charge in [0.15, 0.2) is 0 Å². The molecule has 0 bridgehead atoms. The minimum atomic E-state index is -1.18. The van der Waals surface area contributed by atoms with Gasteiger partial charge in [-0.1, -0.05) is 12.1 Å². The van der Waals surface area contributed by atoms with Crippen molar-refractivity contribution in [3.05, 3.63) is 35.4 Å². The van der Waals surface area contributed by atoms with E-state index in [1.165, 1.54) is 12.1 Å². The number of nitrogens with two attached hydrogens (primary N) is 1. The molecule has 0 radical (unpaired) electrons. The Morgan fingerprint density at radius 3 is 2.17 bits per heavy atom. The van der Waals surface area contributed by atoms with Crippen LogP contribution in [-0.2, 0) is 14.4 Å². The van der Waals surface area contributed by atoms with Crippen LogP contribution in [0.25, 0.3) is 0 Å². The van der Waals surface area contributed by atoms with Crippen molar-refractivity contribution < 1.29 is 24.3 Å². The lowest BCUT2D eigenvalue weighted by molar-refractivity contribution is -0.143. The van der Waals surface area contributed by atoms with Crippen LogP contribution >= 0.6 is 0 Å². The SMILES string of the molecule is CC(CC(=O)N[C@@H](CC(=O)O)C(=O)N1CCCC1)NC(=O)c1ccc(C(=N)N)cc1. The Bertz CT molecular complexity index is 817. The van der Waals surface area contributed by atoms with Gasteiger partial charge in [0.25, 0.3) is 5.91 Å². The van der Waals surface area contributed by atoms with Crippen LogP contribution in [0.3, 0.4) is 0 Å². The Kier molecular flexibility index (Phi) is 7.90. The number of carbonyl (C=O) groups excluding carboxylic acids is 3. The molecule has 1 aromatic carbocycles. The number of rotatable bonds is 9. The Labute approximate surface area is 174 Å². The molecule has 0 saturated carbocycles. The highest BCUT2D eigenvalue weighted by Gasteiger charge is 2.30. The van der Waals surface area contributed by atoms with E-state index in [0.717, 1.165) is 12.8 Å². The van der Waals surface area contributed by atoms with E-state index in [2.05, 4.69) is 10.6 Å². The number of carbonyl (C=O) groups is 4. The van der Waals surface area contributed by atoms with Crippen LogP contribution in [0.5, 0.6) is 0 Å². The molecule has 2 rings (SSSR count). The Hall–Kier alpha value is -3.43. The number of benzene rings is 1. The van der Waals surface area contributed by atoms with Gasteiger partial charge in [-0.05, 0) is 31.9 Å². The number of nitrogens with zero attached hydrogens (tertiary/aromatic N) is 1. The summed E-state index contributed by atoms with van der Waals surface area (Å²) >= 11 is 0. The first-order valence-corrected chi connectivity index (χ1v) is 9.72. The first kappa shape index (κ1) is 22.9. The van der Waals surface area contributed by atoms with E-state index >= 15 is 0 Å². The minimum Gasteiger partial charge on any atom is -0.481 e. The molecule has 1 fully saturated rings. The largest absolute Gasteiger partial charge is 0.481 e. The van der Waals surface area contributed by atoms with Gasteiger partial charge in [0.1, 0.15) is 11.9 Å². The van der Waals surface area contributed by atoms with E-state index in [1.807, 2.05) is 0 Å². The third kappa shape index (κ3) is 6.57. The third-order valence-electron chi connectivity index (χ3n) is 4.76. The molecule has 10 nitrogen and oxygen atoms in total. The average Bonchev–Trinajstić information content (AvgIpc) is 3.21. The summed E-state index contributed by atoms with van der Waals surface area (Å²) in [7, 11) is 0. The van der Waals surface area contributed by atoms with Crippen molar-refractivity contribution in [1.82, 2.24) is 15.5 Å². The highest BCUT2D eigenvalue weighted by atomic mass is 16.4. The summed E-state index contributed by atoms with van der Waals surface area (Å²) in [6.45, 7) is 2.75. The molecule has 0 aliphatic carbocycles. The van der Waals surface area contributed by atoms with Crippen molar-refractivity contribution >= 4 is 29.5 Å². The maximum Gasteiger partial charge on any atom is 0.305 e. The van der Waals surface area contributed by atoms with Crippen molar-refractivity contribution in [1.29, 1.82) is 5.41 Å². The number of hydrogen-bond donors (Lipinski definition) is 5. The zero-order chi connectivity index (χ0) is 22.3. The number of amidine groups is 1. The van der Waals surface area contributed by atoms with Crippen LogP contribution in [0.15, 0.2) is 24.3 Å². The van der Waals surface area contributed by atoms with E-state index in [0.29, 0.717) is 24.2 Å². The number of likely N-dealkylation sites (tertiary alicyclic amines) is 1. The topological polar surface area (TPSA) is 166 Å². The van der Waals surface area contributed by atoms with E-state index < -0.39 is 42.2 Å². The smallest absolute Gasteiger partial charge is 0.305 e. The summed E-state index contributed by atoms with van der Waals surface area (Å²) in [6.07, 6.45) is 1.11. The first-order valence-electron chi connectivity index (χ1n) is 9.72. The van der Waals surface area contributed by atoms with E-state index in [-0.39, 0.29) is 12.3 Å². The van der Waals surface area contributed by atoms with Crippen LogP contribution < -0.4 is 16.4 Å². The maximum atomic E-state index is 12.5. The molecule has 3 amide bonds. The molecule has 1 aliphatic rings. The summed E-state index contributed by atoms with van der Waals surface area (Å²) in [6, 6.07) is 4.48. The summed E-state index contributed by atoms with van der Waals surface area (Å²) in [5.74, 6) is -2.60. The highest BCUT2D eigenvalue weighted by molar-refractivity contribution is 5.98. The van der Waals surface area contributed by atoms with Gasteiger partial charge in [-0.15, -0.1) is 0 Å². The lowest BCUT2D eigenvalue weighted by Crippen LogP contribution is -2.49. The molecule has 1 aliphatic heterocycles. The summed E-state index contributed by atoms with van der Waals surface area (Å²) < 4.78 is 0. The molecule has 6 N–H and O–H groups in total. The van der Waals surface area contributed by atoms with E-state index in [4.69, 9.17) is 16.2 Å². The van der Waals surface area contributed by atoms with Crippen molar-refractivity contribution in [2.75, 3.05) is 13.1 Å². The predicted molar refractivity (Wildman–Crippen MR) is 109 cm³/mol. The summed E-state index contributed by atoms with van der Waals surface area (Å²) in [5.41, 5.74) is 6.22. The van der Waals surface area contributed by atoms with Gasteiger partial charge in [-0.25, -0.2) is 0 Å². The number of nitrogens with one attached hydrogen (secondary N) is 3. The maximum absolute atomic E-state index is 12.5. The molecule has 162 valence electrons. The number of carboxylic acids is 1. The summed E-state index contributed by atoms with van der Waals surface area (Å²) in [4.78, 5) is 49.8. The van der Waals surface area contributed by atoms with Crippen molar-refractivity contribution in [3.63, 3.8) is 0 Å². The van der Waals surface area contributed by atoms with Gasteiger partial charge in [-0.3, -0.25) is 24.6 Å². The second-order valence-corrected chi connectivity index (χ2v) is 7.32. The monoisotopic (exact) mass is 417 g/mol. The van der Waals surface area contributed by atoms with Crippen LogP contribution in [0.1, 0.15) is 48.5 Å². The van der Waals surface area contributed by atoms with Gasteiger partial charge in [0.05, 0.1) is 6.42 Å². The number of carboxylic acid groups (broad SMARTS) is 1. The normalized spacial score (nSPS) is 15.2. The molecule has 1 aromatic rings. The molecule has 2 atom stereocenters. The number of nitrogen functional groups attached to an aromatic ring is 1. The molecular formula is C20H27N5O5. The standard InChI is InChI=1S/C20H27N5O5/c1-12(23-19(29)14-6-4-13(5-7-14)18(21)22)10-16(26)24-15(11-17(27)28)20(30)25-8-2-3-9-25/h4-7,12,15H,2-3,8-11H2,1H3,(H3,21,22)(H,23,29)(H,24,26)(H,27,28)/t12?,15-/m0/s1. The molecule has 10 heteroatoms. The number of amides is 3. The van der Waals surface area contributed by atoms with Crippen LogP contribution in [0.2, 0.25) is 0 Å². The van der Waals surface area contributed by atoms with Crippen LogP contribution in [0, 0.1) is 5.41 Å². The average molecular weight is 417 g/mol. The minimum absolute atomic E-state index is 0.105. The van der Waals surface area contributed by atoms with Gasteiger partial charge >= 0.3 is 5.97 Å². The fourth-order valence-electron chi connectivity index (χ4n) is 3.22. The van der Waals surface area contributed by atoms with Crippen molar-refractivity contribution in [3.8, 4) is 0 Å². The van der Waals surface area contributed by atoms with Gasteiger partial charge in [0.2, 0.25) is 11.8 Å².